The zero-order chi connectivity index (χ0) is 12.9. The standard InChI is InChI=1S/C12H22N2O3/c1-9-5-2-3-7-12(9,11(16)17)14-8-4-6-10(13)15/h9,14H,2-8H2,1H3,(H2,13,15)(H,16,17). The molecule has 0 saturated heterocycles. The molecule has 4 N–H and O–H groups in total. The van der Waals surface area contributed by atoms with Crippen LogP contribution in [0.3, 0.4) is 0 Å². The van der Waals surface area contributed by atoms with Crippen molar-refractivity contribution in [2.24, 2.45) is 11.7 Å². The van der Waals surface area contributed by atoms with Crippen LogP contribution in [0.2, 0.25) is 0 Å². The summed E-state index contributed by atoms with van der Waals surface area (Å²) < 4.78 is 0. The fourth-order valence-electron chi connectivity index (χ4n) is 2.58. The number of aliphatic carboxylic acids is 1. The van der Waals surface area contributed by atoms with Gasteiger partial charge in [0.25, 0.3) is 0 Å². The van der Waals surface area contributed by atoms with Crippen LogP contribution in [-0.2, 0) is 9.59 Å². The lowest BCUT2D eigenvalue weighted by Gasteiger charge is -2.39. The van der Waals surface area contributed by atoms with Crippen LogP contribution in [-0.4, -0.2) is 29.1 Å². The van der Waals surface area contributed by atoms with E-state index in [1.54, 1.807) is 0 Å². The Hall–Kier alpha value is -1.10. The van der Waals surface area contributed by atoms with Gasteiger partial charge in [-0.15, -0.1) is 0 Å². The molecule has 2 atom stereocenters. The number of carboxylic acid groups (broad SMARTS) is 1. The van der Waals surface area contributed by atoms with Gasteiger partial charge in [0.15, 0.2) is 0 Å². The number of carbonyl (C=O) groups excluding carboxylic acids is 1. The molecule has 0 bridgehead atoms. The van der Waals surface area contributed by atoms with Crippen molar-refractivity contribution in [2.75, 3.05) is 6.54 Å². The summed E-state index contributed by atoms with van der Waals surface area (Å²) in [7, 11) is 0. The summed E-state index contributed by atoms with van der Waals surface area (Å²) in [4.78, 5) is 22.1. The van der Waals surface area contributed by atoms with E-state index in [0.29, 0.717) is 25.8 Å². The van der Waals surface area contributed by atoms with Gasteiger partial charge in [-0.3, -0.25) is 9.59 Å². The lowest BCUT2D eigenvalue weighted by molar-refractivity contribution is -0.149. The second kappa shape index (κ2) is 6.00. The quantitative estimate of drug-likeness (QED) is 0.603. The van der Waals surface area contributed by atoms with Crippen LogP contribution in [0.25, 0.3) is 0 Å². The monoisotopic (exact) mass is 242 g/mol. The second-order valence-electron chi connectivity index (χ2n) is 4.92. The van der Waals surface area contributed by atoms with Crippen LogP contribution < -0.4 is 11.1 Å². The third kappa shape index (κ3) is 3.43. The molecule has 0 aliphatic heterocycles. The maximum Gasteiger partial charge on any atom is 0.324 e. The van der Waals surface area contributed by atoms with Crippen molar-refractivity contribution in [3.63, 3.8) is 0 Å². The van der Waals surface area contributed by atoms with Gasteiger partial charge in [0, 0.05) is 6.42 Å². The number of amides is 1. The number of hydrogen-bond donors (Lipinski definition) is 3. The predicted molar refractivity (Wildman–Crippen MR) is 64.4 cm³/mol. The molecule has 0 aromatic rings. The van der Waals surface area contributed by atoms with Gasteiger partial charge in [-0.2, -0.15) is 0 Å². The molecule has 5 heteroatoms. The first-order valence-electron chi connectivity index (χ1n) is 6.26. The van der Waals surface area contributed by atoms with E-state index < -0.39 is 11.5 Å². The highest BCUT2D eigenvalue weighted by Crippen LogP contribution is 2.33. The SMILES string of the molecule is CC1CCCCC1(NCCCC(N)=O)C(=O)O. The Kier molecular flexibility index (Phi) is 4.93. The van der Waals surface area contributed by atoms with Crippen LogP contribution in [0.5, 0.6) is 0 Å². The highest BCUT2D eigenvalue weighted by molar-refractivity contribution is 5.79. The summed E-state index contributed by atoms with van der Waals surface area (Å²) in [6, 6.07) is 0. The largest absolute Gasteiger partial charge is 0.480 e. The van der Waals surface area contributed by atoms with Gasteiger partial charge < -0.3 is 16.2 Å². The molecule has 1 aliphatic rings. The van der Waals surface area contributed by atoms with Crippen molar-refractivity contribution in [2.45, 2.75) is 51.0 Å². The van der Waals surface area contributed by atoms with Crippen LogP contribution in [0.1, 0.15) is 45.4 Å². The van der Waals surface area contributed by atoms with E-state index in [1.807, 2.05) is 6.92 Å². The molecule has 1 fully saturated rings. The first-order valence-corrected chi connectivity index (χ1v) is 6.26. The molecule has 98 valence electrons. The molecule has 0 aromatic heterocycles. The van der Waals surface area contributed by atoms with Gasteiger partial charge in [-0.25, -0.2) is 0 Å². The average molecular weight is 242 g/mol. The van der Waals surface area contributed by atoms with Crippen molar-refractivity contribution >= 4 is 11.9 Å². The van der Waals surface area contributed by atoms with Gasteiger partial charge >= 0.3 is 5.97 Å². The molecule has 17 heavy (non-hydrogen) atoms. The molecular formula is C12H22N2O3. The lowest BCUT2D eigenvalue weighted by Crippen LogP contribution is -2.58. The maximum atomic E-state index is 11.5. The number of carboxylic acids is 1. The number of nitrogens with one attached hydrogen (secondary N) is 1. The topological polar surface area (TPSA) is 92.4 Å². The summed E-state index contributed by atoms with van der Waals surface area (Å²) in [5.41, 5.74) is 4.24. The van der Waals surface area contributed by atoms with Crippen LogP contribution in [0, 0.1) is 5.92 Å². The lowest BCUT2D eigenvalue weighted by atomic mass is 9.73. The molecule has 0 aromatic carbocycles. The molecule has 1 rings (SSSR count). The third-order valence-electron chi connectivity index (χ3n) is 3.72. The minimum Gasteiger partial charge on any atom is -0.480 e. The first-order chi connectivity index (χ1) is 7.99. The molecule has 1 saturated carbocycles. The van der Waals surface area contributed by atoms with Gasteiger partial charge in [0.2, 0.25) is 5.91 Å². The Labute approximate surface area is 102 Å². The van der Waals surface area contributed by atoms with Crippen LogP contribution in [0.4, 0.5) is 0 Å². The molecule has 5 nitrogen and oxygen atoms in total. The fraction of sp³-hybridized carbons (Fsp3) is 0.833. The maximum absolute atomic E-state index is 11.5. The molecule has 1 aliphatic carbocycles. The molecule has 2 unspecified atom stereocenters. The van der Waals surface area contributed by atoms with E-state index in [0.717, 1.165) is 19.3 Å². The number of carbonyl (C=O) groups is 2. The van der Waals surface area contributed by atoms with Crippen LogP contribution >= 0.6 is 0 Å². The first kappa shape index (κ1) is 14.0. The van der Waals surface area contributed by atoms with Gasteiger partial charge in [-0.05, 0) is 31.7 Å². The Balaban J connectivity index is 2.53. The predicted octanol–water partition coefficient (Wildman–Crippen LogP) is 0.875. The highest BCUT2D eigenvalue weighted by Gasteiger charge is 2.44. The fourth-order valence-corrected chi connectivity index (χ4v) is 2.58. The Bertz CT molecular complexity index is 293. The molecule has 1 amide bonds. The number of nitrogens with two attached hydrogens (primary N) is 1. The van der Waals surface area contributed by atoms with Crippen molar-refractivity contribution in [1.29, 1.82) is 0 Å². The van der Waals surface area contributed by atoms with Crippen molar-refractivity contribution in [3.8, 4) is 0 Å². The molecule has 0 heterocycles. The van der Waals surface area contributed by atoms with Crippen molar-refractivity contribution < 1.29 is 14.7 Å². The van der Waals surface area contributed by atoms with E-state index in [2.05, 4.69) is 5.32 Å². The summed E-state index contributed by atoms with van der Waals surface area (Å²) in [6.07, 6.45) is 4.54. The zero-order valence-corrected chi connectivity index (χ0v) is 10.4. The molecule has 0 spiro atoms. The van der Waals surface area contributed by atoms with Crippen LogP contribution in [0.15, 0.2) is 0 Å². The summed E-state index contributed by atoms with van der Waals surface area (Å²) >= 11 is 0. The zero-order valence-electron chi connectivity index (χ0n) is 10.4. The summed E-state index contributed by atoms with van der Waals surface area (Å²) in [5, 5.41) is 12.5. The van der Waals surface area contributed by atoms with E-state index in [4.69, 9.17) is 5.73 Å². The van der Waals surface area contributed by atoms with E-state index >= 15 is 0 Å². The normalized spacial score (nSPS) is 28.9. The average Bonchev–Trinajstić information content (AvgIpc) is 2.26. The van der Waals surface area contributed by atoms with Gasteiger partial charge in [-0.1, -0.05) is 19.8 Å². The minimum atomic E-state index is -0.810. The Morgan fingerprint density at radius 1 is 1.47 bits per heavy atom. The van der Waals surface area contributed by atoms with E-state index in [1.165, 1.54) is 0 Å². The Morgan fingerprint density at radius 2 is 2.18 bits per heavy atom. The molecular weight excluding hydrogens is 220 g/mol. The van der Waals surface area contributed by atoms with Crippen molar-refractivity contribution in [3.05, 3.63) is 0 Å². The minimum absolute atomic E-state index is 0.127. The number of primary amides is 1. The van der Waals surface area contributed by atoms with Gasteiger partial charge in [0.1, 0.15) is 5.54 Å². The molecule has 0 radical (unpaired) electrons. The van der Waals surface area contributed by atoms with E-state index in [-0.39, 0.29) is 11.8 Å². The van der Waals surface area contributed by atoms with Gasteiger partial charge in [0.05, 0.1) is 0 Å². The van der Waals surface area contributed by atoms with Crippen molar-refractivity contribution in [1.82, 2.24) is 5.32 Å². The highest BCUT2D eigenvalue weighted by atomic mass is 16.4. The smallest absolute Gasteiger partial charge is 0.324 e. The Morgan fingerprint density at radius 3 is 2.71 bits per heavy atom. The third-order valence-corrected chi connectivity index (χ3v) is 3.72. The summed E-state index contributed by atoms with van der Waals surface area (Å²) in [5.74, 6) is -0.987. The van der Waals surface area contributed by atoms with E-state index in [9.17, 15) is 14.7 Å². The second-order valence-corrected chi connectivity index (χ2v) is 4.92. The number of hydrogen-bond acceptors (Lipinski definition) is 3. The summed E-state index contributed by atoms with van der Waals surface area (Å²) in [6.45, 7) is 2.51. The number of rotatable bonds is 6.